The average Bonchev–Trinajstić information content (AvgIpc) is 2.72. The lowest BCUT2D eigenvalue weighted by Crippen LogP contribution is -1.94. The number of ketones is 1. The number of rotatable bonds is 4. The maximum Gasteiger partial charge on any atom is 0.185 e. The number of hydrogen-bond acceptors (Lipinski definition) is 3. The van der Waals surface area contributed by atoms with Crippen molar-refractivity contribution in [1.82, 2.24) is 9.97 Å². The van der Waals surface area contributed by atoms with E-state index in [9.17, 15) is 4.79 Å². The second-order valence-corrected chi connectivity index (χ2v) is 6.53. The number of allylic oxidation sites excluding steroid dienone is 1. The Balaban J connectivity index is 1.52. The van der Waals surface area contributed by atoms with Crippen molar-refractivity contribution in [2.45, 2.75) is 0 Å². The third-order valence-electron chi connectivity index (χ3n) is 4.25. The molecule has 3 aromatic carbocycles. The second-order valence-electron chi connectivity index (χ2n) is 6.09. The molecule has 0 aliphatic rings. The molecule has 0 aliphatic heterocycles. The molecule has 0 radical (unpaired) electrons. The number of nitrogens with zero attached hydrogens (tertiary/aromatic N) is 2. The van der Waals surface area contributed by atoms with Crippen molar-refractivity contribution in [1.29, 1.82) is 0 Å². The van der Waals surface area contributed by atoms with E-state index in [0.29, 0.717) is 10.6 Å². The van der Waals surface area contributed by atoms with Crippen LogP contribution in [-0.4, -0.2) is 15.8 Å². The molecule has 0 spiro atoms. The summed E-state index contributed by atoms with van der Waals surface area (Å²) in [5, 5.41) is 0.690. The smallest absolute Gasteiger partial charge is 0.185 e. The number of aromatic nitrogens is 2. The maximum atomic E-state index is 12.4. The summed E-state index contributed by atoms with van der Waals surface area (Å²) >= 11 is 6.04. The summed E-state index contributed by atoms with van der Waals surface area (Å²) in [7, 11) is 0. The molecule has 0 amide bonds. The Morgan fingerprint density at radius 3 is 2.37 bits per heavy atom. The summed E-state index contributed by atoms with van der Waals surface area (Å²) in [6.45, 7) is 0. The predicted molar refractivity (Wildman–Crippen MR) is 110 cm³/mol. The lowest BCUT2D eigenvalue weighted by atomic mass is 10.0. The zero-order valence-corrected chi connectivity index (χ0v) is 15.1. The van der Waals surface area contributed by atoms with E-state index in [1.54, 1.807) is 24.5 Å². The van der Waals surface area contributed by atoms with Crippen molar-refractivity contribution >= 4 is 34.5 Å². The minimum absolute atomic E-state index is 0.0492. The van der Waals surface area contributed by atoms with Gasteiger partial charge in [-0.1, -0.05) is 60.1 Å². The van der Waals surface area contributed by atoms with Crippen LogP contribution in [0.3, 0.4) is 0 Å². The van der Waals surface area contributed by atoms with Crippen molar-refractivity contribution in [2.75, 3.05) is 0 Å². The summed E-state index contributed by atoms with van der Waals surface area (Å²) in [4.78, 5) is 21.0. The molecular formula is C23H15ClN2O. The number of carbonyl (C=O) groups excluding carboxylic acids is 1. The Bertz CT molecular complexity index is 1150. The van der Waals surface area contributed by atoms with Crippen LogP contribution in [0, 0.1) is 0 Å². The molecule has 0 saturated carbocycles. The van der Waals surface area contributed by atoms with Crippen molar-refractivity contribution in [3.8, 4) is 11.1 Å². The fraction of sp³-hybridized carbons (Fsp3) is 0. The van der Waals surface area contributed by atoms with Crippen LogP contribution in [0.5, 0.6) is 0 Å². The third kappa shape index (κ3) is 3.94. The highest BCUT2D eigenvalue weighted by molar-refractivity contribution is 6.30. The topological polar surface area (TPSA) is 42.9 Å². The molecule has 130 valence electrons. The molecule has 1 heterocycles. The summed E-state index contributed by atoms with van der Waals surface area (Å²) in [5.41, 5.74) is 5.22. The minimum Gasteiger partial charge on any atom is -0.289 e. The first-order valence-corrected chi connectivity index (χ1v) is 8.86. The molecule has 1 aromatic heterocycles. The van der Waals surface area contributed by atoms with E-state index < -0.39 is 0 Å². The molecule has 0 saturated heterocycles. The largest absolute Gasteiger partial charge is 0.289 e. The van der Waals surface area contributed by atoms with Crippen LogP contribution in [0.1, 0.15) is 15.9 Å². The van der Waals surface area contributed by atoms with Gasteiger partial charge in [0.2, 0.25) is 0 Å². The average molecular weight is 371 g/mol. The van der Waals surface area contributed by atoms with Crippen LogP contribution in [0.25, 0.3) is 28.2 Å². The fourth-order valence-electron chi connectivity index (χ4n) is 2.85. The predicted octanol–water partition coefficient (Wildman–Crippen LogP) is 5.85. The van der Waals surface area contributed by atoms with Gasteiger partial charge in [0.15, 0.2) is 5.78 Å². The highest BCUT2D eigenvalue weighted by Crippen LogP contribution is 2.23. The van der Waals surface area contributed by atoms with Gasteiger partial charge in [-0.3, -0.25) is 14.8 Å². The number of carbonyl (C=O) groups is 1. The van der Waals surface area contributed by atoms with E-state index in [-0.39, 0.29) is 5.78 Å². The zero-order chi connectivity index (χ0) is 18.6. The van der Waals surface area contributed by atoms with E-state index >= 15 is 0 Å². The molecule has 4 rings (SSSR count). The Labute approximate surface area is 162 Å². The van der Waals surface area contributed by atoms with Crippen LogP contribution in [0.4, 0.5) is 0 Å². The van der Waals surface area contributed by atoms with Crippen LogP contribution in [0.15, 0.2) is 85.2 Å². The first-order valence-electron chi connectivity index (χ1n) is 8.48. The van der Waals surface area contributed by atoms with Crippen LogP contribution < -0.4 is 0 Å². The molecule has 0 N–H and O–H groups in total. The number of fused-ring (bicyclic) bond motifs is 1. The Kier molecular flexibility index (Phi) is 4.77. The standard InChI is InChI=1S/C23H15ClN2O/c24-20-3-1-2-19(15-20)17-6-8-18(9-7-17)23(27)11-5-16-4-10-21-22(14-16)26-13-12-25-21/h1-15H/b11-5+. The van der Waals surface area contributed by atoms with Gasteiger partial charge in [-0.2, -0.15) is 0 Å². The van der Waals surface area contributed by atoms with Crippen molar-refractivity contribution in [3.05, 3.63) is 101 Å². The van der Waals surface area contributed by atoms with E-state index in [1.807, 2.05) is 66.7 Å². The van der Waals surface area contributed by atoms with Crippen LogP contribution in [0.2, 0.25) is 5.02 Å². The van der Waals surface area contributed by atoms with Crippen molar-refractivity contribution in [3.63, 3.8) is 0 Å². The zero-order valence-electron chi connectivity index (χ0n) is 14.3. The molecular weight excluding hydrogens is 356 g/mol. The Hall–Kier alpha value is -3.30. The summed E-state index contributed by atoms with van der Waals surface area (Å²) in [5.74, 6) is -0.0492. The lowest BCUT2D eigenvalue weighted by molar-refractivity contribution is 0.104. The highest BCUT2D eigenvalue weighted by atomic mass is 35.5. The van der Waals surface area contributed by atoms with Crippen LogP contribution >= 0.6 is 11.6 Å². The van der Waals surface area contributed by atoms with E-state index in [4.69, 9.17) is 11.6 Å². The number of benzene rings is 3. The van der Waals surface area contributed by atoms with Gasteiger partial charge in [0, 0.05) is 23.0 Å². The highest BCUT2D eigenvalue weighted by Gasteiger charge is 2.04. The van der Waals surface area contributed by atoms with E-state index in [2.05, 4.69) is 9.97 Å². The molecule has 4 aromatic rings. The molecule has 0 atom stereocenters. The van der Waals surface area contributed by atoms with Crippen LogP contribution in [-0.2, 0) is 0 Å². The first kappa shape index (κ1) is 17.1. The Morgan fingerprint density at radius 2 is 1.59 bits per heavy atom. The van der Waals surface area contributed by atoms with Gasteiger partial charge in [-0.05, 0) is 47.0 Å². The molecule has 0 fully saturated rings. The van der Waals surface area contributed by atoms with Gasteiger partial charge >= 0.3 is 0 Å². The third-order valence-corrected chi connectivity index (χ3v) is 4.48. The number of halogens is 1. The lowest BCUT2D eigenvalue weighted by Gasteiger charge is -2.03. The molecule has 4 heteroatoms. The monoisotopic (exact) mass is 370 g/mol. The molecule has 0 bridgehead atoms. The molecule has 0 unspecified atom stereocenters. The van der Waals surface area contributed by atoms with Gasteiger partial charge in [-0.25, -0.2) is 0 Å². The summed E-state index contributed by atoms with van der Waals surface area (Å²) in [6, 6.07) is 20.9. The molecule has 3 nitrogen and oxygen atoms in total. The molecule has 27 heavy (non-hydrogen) atoms. The normalized spacial score (nSPS) is 11.1. The summed E-state index contributed by atoms with van der Waals surface area (Å²) in [6.07, 6.45) is 6.68. The number of hydrogen-bond donors (Lipinski definition) is 0. The molecule has 0 aliphatic carbocycles. The van der Waals surface area contributed by atoms with Gasteiger partial charge < -0.3 is 0 Å². The van der Waals surface area contributed by atoms with Gasteiger partial charge in [0.25, 0.3) is 0 Å². The second kappa shape index (κ2) is 7.52. The summed E-state index contributed by atoms with van der Waals surface area (Å²) < 4.78 is 0. The SMILES string of the molecule is O=C(/C=C/c1ccc2nccnc2c1)c1ccc(-c2cccc(Cl)c2)cc1. The van der Waals surface area contributed by atoms with Crippen molar-refractivity contribution < 1.29 is 4.79 Å². The Morgan fingerprint density at radius 1 is 0.815 bits per heavy atom. The van der Waals surface area contributed by atoms with Crippen molar-refractivity contribution in [2.24, 2.45) is 0 Å². The van der Waals surface area contributed by atoms with Gasteiger partial charge in [0.1, 0.15) is 0 Å². The van der Waals surface area contributed by atoms with E-state index in [0.717, 1.165) is 27.7 Å². The quantitative estimate of drug-likeness (QED) is 0.334. The van der Waals surface area contributed by atoms with Gasteiger partial charge in [-0.15, -0.1) is 0 Å². The van der Waals surface area contributed by atoms with Gasteiger partial charge in [0.05, 0.1) is 11.0 Å². The minimum atomic E-state index is -0.0492. The van der Waals surface area contributed by atoms with E-state index in [1.165, 1.54) is 0 Å². The maximum absolute atomic E-state index is 12.4. The fourth-order valence-corrected chi connectivity index (χ4v) is 3.04. The first-order chi connectivity index (χ1) is 13.2.